The van der Waals surface area contributed by atoms with E-state index < -0.39 is 5.69 Å². The van der Waals surface area contributed by atoms with E-state index in [0.29, 0.717) is 16.8 Å². The van der Waals surface area contributed by atoms with Gasteiger partial charge in [-0.2, -0.15) is 0 Å². The molecule has 132 valence electrons. The summed E-state index contributed by atoms with van der Waals surface area (Å²) in [6.45, 7) is 0.155. The van der Waals surface area contributed by atoms with Crippen LogP contribution in [0.5, 0.6) is 0 Å². The van der Waals surface area contributed by atoms with Gasteiger partial charge in [-0.3, -0.25) is 14.2 Å². The van der Waals surface area contributed by atoms with E-state index in [0.717, 1.165) is 10.2 Å². The average Bonchev–Trinajstić information content (AvgIpc) is 3.24. The van der Waals surface area contributed by atoms with Crippen LogP contribution in [0.2, 0.25) is 0 Å². The van der Waals surface area contributed by atoms with Crippen molar-refractivity contribution in [1.29, 1.82) is 0 Å². The second-order valence-corrected chi connectivity index (χ2v) is 6.75. The summed E-state index contributed by atoms with van der Waals surface area (Å²) >= 11 is 1.27. The van der Waals surface area contributed by atoms with Crippen molar-refractivity contribution in [3.05, 3.63) is 68.2 Å². The number of carbonyl (C=O) groups excluding carboxylic acids is 1. The van der Waals surface area contributed by atoms with Crippen LogP contribution in [-0.2, 0) is 24.9 Å². The van der Waals surface area contributed by atoms with E-state index in [1.807, 2.05) is 30.3 Å². The van der Waals surface area contributed by atoms with Gasteiger partial charge in [-0.1, -0.05) is 30.3 Å². The van der Waals surface area contributed by atoms with Gasteiger partial charge in [0.2, 0.25) is 11.7 Å². The highest BCUT2D eigenvalue weighted by molar-refractivity contribution is 7.17. The number of nitrogens with one attached hydrogen (secondary N) is 1. The highest BCUT2D eigenvalue weighted by Gasteiger charge is 2.17. The monoisotopic (exact) mass is 369 g/mol. The minimum atomic E-state index is -0.450. The van der Waals surface area contributed by atoms with Crippen molar-refractivity contribution in [2.24, 2.45) is 7.05 Å². The van der Waals surface area contributed by atoms with E-state index in [-0.39, 0.29) is 23.8 Å². The quantitative estimate of drug-likeness (QED) is 0.574. The number of carbonyl (C=O) groups is 1. The van der Waals surface area contributed by atoms with E-state index in [1.165, 1.54) is 20.3 Å². The first-order chi connectivity index (χ1) is 12.6. The lowest BCUT2D eigenvalue weighted by molar-refractivity contribution is -0.122. The third-order valence-corrected chi connectivity index (χ3v) is 5.02. The van der Waals surface area contributed by atoms with Gasteiger partial charge in [0.25, 0.3) is 5.56 Å². The van der Waals surface area contributed by atoms with Crippen LogP contribution in [0.15, 0.2) is 51.4 Å². The Hall–Kier alpha value is -3.20. The Morgan fingerprint density at radius 3 is 2.73 bits per heavy atom. The molecule has 1 N–H and O–H groups in total. The molecule has 0 bridgehead atoms. The van der Waals surface area contributed by atoms with Gasteiger partial charge in [-0.15, -0.1) is 16.4 Å². The van der Waals surface area contributed by atoms with Crippen LogP contribution in [-0.4, -0.2) is 24.7 Å². The van der Waals surface area contributed by atoms with E-state index in [1.54, 1.807) is 18.5 Å². The van der Waals surface area contributed by atoms with Gasteiger partial charge in [0.05, 0.1) is 5.52 Å². The van der Waals surface area contributed by atoms with E-state index in [4.69, 9.17) is 0 Å². The smallest absolute Gasteiger partial charge is 0.350 e. The molecule has 26 heavy (non-hydrogen) atoms. The largest absolute Gasteiger partial charge is 0.352 e. The minimum Gasteiger partial charge on any atom is -0.350 e. The van der Waals surface area contributed by atoms with Crippen molar-refractivity contribution in [2.75, 3.05) is 0 Å². The molecular weight excluding hydrogens is 354 g/mol. The lowest BCUT2D eigenvalue weighted by atomic mass is 10.2. The Morgan fingerprint density at radius 1 is 1.19 bits per heavy atom. The molecule has 0 atom stereocenters. The van der Waals surface area contributed by atoms with Gasteiger partial charge in [-0.05, 0) is 17.0 Å². The molecule has 0 saturated heterocycles. The minimum absolute atomic E-state index is 0.210. The highest BCUT2D eigenvalue weighted by Crippen LogP contribution is 2.16. The summed E-state index contributed by atoms with van der Waals surface area (Å²) < 4.78 is 4.23. The molecule has 0 aliphatic heterocycles. The second kappa shape index (κ2) is 6.26. The Bertz CT molecular complexity index is 1230. The Labute approximate surface area is 150 Å². The topological polar surface area (TPSA) is 90.4 Å². The summed E-state index contributed by atoms with van der Waals surface area (Å²) in [7, 11) is 1.56. The number of amides is 1. The molecule has 4 aromatic rings. The lowest BCUT2D eigenvalue weighted by Gasteiger charge is -2.04. The third-order valence-electron chi connectivity index (χ3n) is 4.13. The molecule has 0 fully saturated rings. The Kier molecular flexibility index (Phi) is 3.92. The van der Waals surface area contributed by atoms with Crippen molar-refractivity contribution in [2.45, 2.75) is 13.1 Å². The standard InChI is InChI=1S/C17H15N5O3S/c1-20-15(24)14-12(7-8-26-14)22-16(20)19-21(17(22)25)10-13(23)18-9-11-5-3-2-4-6-11/h2-8H,9-10H2,1H3,(H,18,23). The van der Waals surface area contributed by atoms with E-state index in [9.17, 15) is 14.4 Å². The molecule has 0 unspecified atom stereocenters. The zero-order valence-corrected chi connectivity index (χ0v) is 14.7. The molecule has 1 amide bonds. The van der Waals surface area contributed by atoms with Gasteiger partial charge in [0, 0.05) is 13.6 Å². The molecule has 3 heterocycles. The van der Waals surface area contributed by atoms with Crippen molar-refractivity contribution in [3.8, 4) is 0 Å². The summed E-state index contributed by atoms with van der Waals surface area (Å²) in [5, 5.41) is 8.69. The van der Waals surface area contributed by atoms with E-state index in [2.05, 4.69) is 10.4 Å². The number of thiophene rings is 1. The molecule has 0 aliphatic rings. The van der Waals surface area contributed by atoms with Crippen molar-refractivity contribution in [1.82, 2.24) is 24.1 Å². The van der Waals surface area contributed by atoms with Crippen LogP contribution < -0.4 is 16.6 Å². The maximum atomic E-state index is 12.7. The summed E-state index contributed by atoms with van der Waals surface area (Å²) in [5.41, 5.74) is 0.807. The zero-order valence-electron chi connectivity index (χ0n) is 13.9. The van der Waals surface area contributed by atoms with Crippen molar-refractivity contribution < 1.29 is 4.79 Å². The average molecular weight is 369 g/mol. The molecule has 0 aliphatic carbocycles. The summed E-state index contributed by atoms with van der Waals surface area (Å²) in [4.78, 5) is 37.2. The first kappa shape index (κ1) is 16.3. The first-order valence-electron chi connectivity index (χ1n) is 7.92. The molecule has 4 rings (SSSR count). The van der Waals surface area contributed by atoms with Crippen molar-refractivity contribution >= 4 is 33.2 Å². The molecule has 9 heteroatoms. The summed E-state index contributed by atoms with van der Waals surface area (Å²) in [6.07, 6.45) is 0. The van der Waals surface area contributed by atoms with Gasteiger partial charge in [0.15, 0.2) is 0 Å². The fourth-order valence-electron chi connectivity index (χ4n) is 2.80. The van der Waals surface area contributed by atoms with Crippen LogP contribution in [0, 0.1) is 0 Å². The number of hydrogen-bond donors (Lipinski definition) is 1. The summed E-state index contributed by atoms with van der Waals surface area (Å²) in [6, 6.07) is 11.2. The Morgan fingerprint density at radius 2 is 1.96 bits per heavy atom. The van der Waals surface area contributed by atoms with Crippen LogP contribution in [0.3, 0.4) is 0 Å². The SMILES string of the molecule is Cn1c(=O)c2sccc2n2c(=O)n(CC(=O)NCc3ccccc3)nc12. The van der Waals surface area contributed by atoms with Gasteiger partial charge in [0.1, 0.15) is 11.2 Å². The molecule has 3 aromatic heterocycles. The van der Waals surface area contributed by atoms with Crippen LogP contribution in [0.25, 0.3) is 16.0 Å². The number of aromatic nitrogens is 4. The predicted molar refractivity (Wildman–Crippen MR) is 98.4 cm³/mol. The van der Waals surface area contributed by atoms with Crippen LogP contribution in [0.4, 0.5) is 0 Å². The fourth-order valence-corrected chi connectivity index (χ4v) is 3.65. The normalized spacial score (nSPS) is 11.3. The lowest BCUT2D eigenvalue weighted by Crippen LogP contribution is -2.32. The number of rotatable bonds is 4. The van der Waals surface area contributed by atoms with E-state index >= 15 is 0 Å². The number of aryl methyl sites for hydroxylation is 1. The number of fused-ring (bicyclic) bond motifs is 3. The maximum Gasteiger partial charge on any atom is 0.352 e. The maximum absolute atomic E-state index is 12.7. The van der Waals surface area contributed by atoms with Gasteiger partial charge in [-0.25, -0.2) is 13.9 Å². The van der Waals surface area contributed by atoms with Gasteiger partial charge < -0.3 is 5.32 Å². The molecule has 0 spiro atoms. The Balaban J connectivity index is 1.66. The molecule has 0 saturated carbocycles. The second-order valence-electron chi connectivity index (χ2n) is 5.84. The molecular formula is C17H15N5O3S. The summed E-state index contributed by atoms with van der Waals surface area (Å²) in [5.74, 6) is -0.118. The molecule has 0 radical (unpaired) electrons. The van der Waals surface area contributed by atoms with Gasteiger partial charge >= 0.3 is 5.69 Å². The highest BCUT2D eigenvalue weighted by atomic mass is 32.1. The number of hydrogen-bond acceptors (Lipinski definition) is 5. The fraction of sp³-hybridized carbons (Fsp3) is 0.176. The van der Waals surface area contributed by atoms with Crippen LogP contribution in [0.1, 0.15) is 5.56 Å². The number of benzene rings is 1. The molecule has 1 aromatic carbocycles. The molecule has 8 nitrogen and oxygen atoms in total. The number of nitrogens with zero attached hydrogens (tertiary/aromatic N) is 4. The van der Waals surface area contributed by atoms with Crippen LogP contribution >= 0.6 is 11.3 Å². The predicted octanol–water partition coefficient (Wildman–Crippen LogP) is 0.726. The third kappa shape index (κ3) is 2.62. The van der Waals surface area contributed by atoms with Crippen molar-refractivity contribution in [3.63, 3.8) is 0 Å². The first-order valence-corrected chi connectivity index (χ1v) is 8.80. The zero-order chi connectivity index (χ0) is 18.3.